The molecule has 4 rings (SSSR count). The van der Waals surface area contributed by atoms with E-state index in [0.717, 1.165) is 23.1 Å². The minimum Gasteiger partial charge on any atom is -0.491 e. The maximum atomic E-state index is 14.5. The number of nitrogens with zero attached hydrogens (tertiary/aromatic N) is 3. The van der Waals surface area contributed by atoms with E-state index in [1.54, 1.807) is 24.3 Å². The van der Waals surface area contributed by atoms with Crippen LogP contribution in [0.3, 0.4) is 0 Å². The van der Waals surface area contributed by atoms with E-state index < -0.39 is 23.4 Å². The summed E-state index contributed by atoms with van der Waals surface area (Å²) in [7, 11) is 1.98. The average molecular weight is 441 g/mol. The molecule has 6 nitrogen and oxygen atoms in total. The molecule has 32 heavy (non-hydrogen) atoms. The quantitative estimate of drug-likeness (QED) is 0.667. The molecule has 2 heterocycles. The summed E-state index contributed by atoms with van der Waals surface area (Å²) in [5.41, 5.74) is 0.526. The van der Waals surface area contributed by atoms with Crippen molar-refractivity contribution in [2.24, 2.45) is 0 Å². The molecule has 0 radical (unpaired) electrons. The molecule has 2 aliphatic rings. The molecular formula is C24H25F2N3O3. The van der Waals surface area contributed by atoms with Crippen LogP contribution in [0.2, 0.25) is 0 Å². The number of benzene rings is 2. The predicted octanol–water partition coefficient (Wildman–Crippen LogP) is 3.28. The second kappa shape index (κ2) is 8.70. The van der Waals surface area contributed by atoms with Crippen LogP contribution in [0.5, 0.6) is 5.75 Å². The van der Waals surface area contributed by atoms with Crippen LogP contribution in [0, 0.1) is 11.6 Å². The normalized spacial score (nSPS) is 17.7. The summed E-state index contributed by atoms with van der Waals surface area (Å²) < 4.78 is 34.1. The molecule has 0 N–H and O–H groups in total. The Labute approximate surface area is 185 Å². The molecule has 1 fully saturated rings. The summed E-state index contributed by atoms with van der Waals surface area (Å²) in [5, 5.41) is 0. The van der Waals surface area contributed by atoms with E-state index in [1.165, 1.54) is 0 Å². The van der Waals surface area contributed by atoms with E-state index in [-0.39, 0.29) is 23.1 Å². The number of ether oxygens (including phenoxy) is 1. The number of carbonyl (C=O) groups excluding carboxylic acids is 2. The van der Waals surface area contributed by atoms with Crippen LogP contribution in [0.1, 0.15) is 19.4 Å². The highest BCUT2D eigenvalue weighted by molar-refractivity contribution is 6.45. The Morgan fingerprint density at radius 3 is 2.19 bits per heavy atom. The van der Waals surface area contributed by atoms with Gasteiger partial charge in [-0.25, -0.2) is 13.7 Å². The summed E-state index contributed by atoms with van der Waals surface area (Å²) in [6, 6.07) is 9.61. The molecule has 0 aliphatic carbocycles. The van der Waals surface area contributed by atoms with Crippen molar-refractivity contribution < 1.29 is 23.1 Å². The maximum absolute atomic E-state index is 14.5. The molecule has 2 amide bonds. The Bertz CT molecular complexity index is 1070. The Morgan fingerprint density at radius 2 is 1.56 bits per heavy atom. The molecule has 2 aromatic rings. The number of hydrogen-bond acceptors (Lipinski definition) is 5. The summed E-state index contributed by atoms with van der Waals surface area (Å²) >= 11 is 0. The zero-order valence-electron chi connectivity index (χ0n) is 18.3. The van der Waals surface area contributed by atoms with E-state index in [9.17, 15) is 18.4 Å². The van der Waals surface area contributed by atoms with Gasteiger partial charge in [0.15, 0.2) is 0 Å². The second-order valence-electron chi connectivity index (χ2n) is 8.25. The summed E-state index contributed by atoms with van der Waals surface area (Å²) in [5.74, 6) is -2.26. The average Bonchev–Trinajstić information content (AvgIpc) is 3.01. The molecule has 2 aliphatic heterocycles. The van der Waals surface area contributed by atoms with Crippen LogP contribution in [-0.2, 0) is 9.59 Å². The van der Waals surface area contributed by atoms with Crippen LogP contribution >= 0.6 is 0 Å². The fourth-order valence-electron chi connectivity index (χ4n) is 3.95. The van der Waals surface area contributed by atoms with Crippen LogP contribution in [0.15, 0.2) is 48.2 Å². The molecule has 0 saturated carbocycles. The van der Waals surface area contributed by atoms with Crippen molar-refractivity contribution in [2.45, 2.75) is 20.0 Å². The van der Waals surface area contributed by atoms with E-state index in [0.29, 0.717) is 37.5 Å². The first kappa shape index (κ1) is 22.0. The van der Waals surface area contributed by atoms with Crippen molar-refractivity contribution >= 4 is 23.1 Å². The lowest BCUT2D eigenvalue weighted by Crippen LogP contribution is -2.46. The minimum absolute atomic E-state index is 0.0119. The van der Waals surface area contributed by atoms with Crippen molar-refractivity contribution in [1.29, 1.82) is 0 Å². The fourth-order valence-corrected chi connectivity index (χ4v) is 3.95. The number of rotatable bonds is 5. The summed E-state index contributed by atoms with van der Waals surface area (Å²) in [4.78, 5) is 31.6. The zero-order valence-corrected chi connectivity index (χ0v) is 18.3. The molecule has 0 bridgehead atoms. The van der Waals surface area contributed by atoms with Crippen LogP contribution in [0.25, 0.3) is 5.57 Å². The lowest BCUT2D eigenvalue weighted by atomic mass is 10.0. The molecule has 1 saturated heterocycles. The third kappa shape index (κ3) is 4.10. The highest BCUT2D eigenvalue weighted by atomic mass is 19.1. The van der Waals surface area contributed by atoms with Gasteiger partial charge < -0.3 is 14.5 Å². The first-order valence-electron chi connectivity index (χ1n) is 10.5. The largest absolute Gasteiger partial charge is 0.491 e. The molecular weight excluding hydrogens is 416 g/mol. The predicted molar refractivity (Wildman–Crippen MR) is 117 cm³/mol. The lowest BCUT2D eigenvalue weighted by molar-refractivity contribution is -0.120. The molecule has 0 unspecified atom stereocenters. The maximum Gasteiger partial charge on any atom is 0.282 e. The van der Waals surface area contributed by atoms with Crippen molar-refractivity contribution in [2.75, 3.05) is 38.1 Å². The number of likely N-dealkylation sites (N-methyl/N-ethyl adjacent to an activating group) is 1. The first-order valence-corrected chi connectivity index (χ1v) is 10.5. The van der Waals surface area contributed by atoms with Crippen LogP contribution in [0.4, 0.5) is 14.5 Å². The van der Waals surface area contributed by atoms with Crippen molar-refractivity contribution in [3.8, 4) is 5.75 Å². The van der Waals surface area contributed by atoms with Crippen LogP contribution in [-0.4, -0.2) is 60.9 Å². The Kier molecular flexibility index (Phi) is 5.97. The van der Waals surface area contributed by atoms with Gasteiger partial charge in [-0.05, 0) is 50.7 Å². The molecule has 0 atom stereocenters. The third-order valence-corrected chi connectivity index (χ3v) is 5.54. The van der Waals surface area contributed by atoms with Crippen LogP contribution < -0.4 is 9.64 Å². The number of carbonyl (C=O) groups is 2. The van der Waals surface area contributed by atoms with Gasteiger partial charge in [0.25, 0.3) is 11.8 Å². The molecule has 0 spiro atoms. The first-order chi connectivity index (χ1) is 15.3. The van der Waals surface area contributed by atoms with Gasteiger partial charge in [-0.3, -0.25) is 9.59 Å². The Hall–Kier alpha value is -3.26. The second-order valence-corrected chi connectivity index (χ2v) is 8.25. The minimum atomic E-state index is -0.840. The Balaban J connectivity index is 1.79. The van der Waals surface area contributed by atoms with Gasteiger partial charge in [0.1, 0.15) is 23.1 Å². The van der Waals surface area contributed by atoms with Gasteiger partial charge in [0.2, 0.25) is 0 Å². The molecule has 2 aromatic carbocycles. The van der Waals surface area contributed by atoms with E-state index in [4.69, 9.17) is 4.74 Å². The summed E-state index contributed by atoms with van der Waals surface area (Å²) in [6.07, 6.45) is -0.0119. The molecule has 8 heteroatoms. The fraction of sp³-hybridized carbons (Fsp3) is 0.333. The number of anilines is 1. The zero-order chi connectivity index (χ0) is 23.0. The number of hydrogen-bond donors (Lipinski definition) is 0. The standard InChI is InChI=1S/C24H25F2N3O3/c1-15(2)32-18-7-4-16(5-8-18)21-22(28-12-10-27(3)11-13-28)24(31)29(23(21)30)20-14-17(25)6-9-19(20)26/h4-9,14-15H,10-13H2,1-3H3. The van der Waals surface area contributed by atoms with E-state index in [2.05, 4.69) is 4.90 Å². The highest BCUT2D eigenvalue weighted by Gasteiger charge is 2.44. The number of imide groups is 1. The monoisotopic (exact) mass is 441 g/mol. The SMILES string of the molecule is CC(C)Oc1ccc(C2=C(N3CCN(C)CC3)C(=O)N(c3cc(F)ccc3F)C2=O)cc1. The van der Waals surface area contributed by atoms with Crippen molar-refractivity contribution in [3.05, 3.63) is 65.4 Å². The Morgan fingerprint density at radius 1 is 0.906 bits per heavy atom. The van der Waals surface area contributed by atoms with Gasteiger partial charge in [0, 0.05) is 32.2 Å². The number of halogens is 2. The molecule has 0 aromatic heterocycles. The number of amides is 2. The van der Waals surface area contributed by atoms with E-state index >= 15 is 0 Å². The van der Waals surface area contributed by atoms with E-state index in [1.807, 2.05) is 25.8 Å². The third-order valence-electron chi connectivity index (χ3n) is 5.54. The van der Waals surface area contributed by atoms with Gasteiger partial charge in [-0.15, -0.1) is 0 Å². The van der Waals surface area contributed by atoms with Gasteiger partial charge in [0.05, 0.1) is 17.4 Å². The van der Waals surface area contributed by atoms with Gasteiger partial charge in [-0.2, -0.15) is 0 Å². The lowest BCUT2D eigenvalue weighted by Gasteiger charge is -2.34. The van der Waals surface area contributed by atoms with Gasteiger partial charge >= 0.3 is 0 Å². The summed E-state index contributed by atoms with van der Waals surface area (Å²) in [6.45, 7) is 6.34. The van der Waals surface area contributed by atoms with Gasteiger partial charge in [-0.1, -0.05) is 12.1 Å². The van der Waals surface area contributed by atoms with Crippen molar-refractivity contribution in [1.82, 2.24) is 9.80 Å². The highest BCUT2D eigenvalue weighted by Crippen LogP contribution is 2.36. The molecule has 168 valence electrons. The number of piperazine rings is 1. The van der Waals surface area contributed by atoms with Crippen molar-refractivity contribution in [3.63, 3.8) is 0 Å². The topological polar surface area (TPSA) is 53.1 Å². The smallest absolute Gasteiger partial charge is 0.282 e.